The van der Waals surface area contributed by atoms with Crippen LogP contribution in [-0.4, -0.2) is 15.9 Å². The van der Waals surface area contributed by atoms with Gasteiger partial charge in [-0.25, -0.2) is 9.97 Å². The van der Waals surface area contributed by atoms with Gasteiger partial charge in [0.25, 0.3) is 5.91 Å². The van der Waals surface area contributed by atoms with Crippen molar-refractivity contribution in [2.45, 2.75) is 46.1 Å². The number of benzene rings is 1. The van der Waals surface area contributed by atoms with E-state index in [0.29, 0.717) is 27.3 Å². The lowest BCUT2D eigenvalue weighted by atomic mass is 10.0. The van der Waals surface area contributed by atoms with Crippen molar-refractivity contribution in [3.05, 3.63) is 54.9 Å². The maximum Gasteiger partial charge on any atom is 0.269 e. The van der Waals surface area contributed by atoms with Gasteiger partial charge in [-0.3, -0.25) is 10.1 Å². The summed E-state index contributed by atoms with van der Waals surface area (Å²) in [6, 6.07) is 5.53. The summed E-state index contributed by atoms with van der Waals surface area (Å²) in [4.78, 5) is 23.6. The Hall–Kier alpha value is -1.96. The largest absolute Gasteiger partial charge is 0.486 e. The third-order valence-corrected chi connectivity index (χ3v) is 7.23. The van der Waals surface area contributed by atoms with Crippen molar-refractivity contribution in [1.29, 1.82) is 0 Å². The normalized spacial score (nSPS) is 13.2. The Kier molecular flexibility index (Phi) is 5.66. The molecule has 0 fully saturated rings. The molecule has 0 atom stereocenters. The average molecular weight is 434 g/mol. The van der Waals surface area contributed by atoms with Crippen LogP contribution in [0.3, 0.4) is 0 Å². The Morgan fingerprint density at radius 3 is 2.82 bits per heavy atom. The van der Waals surface area contributed by atoms with Gasteiger partial charge >= 0.3 is 0 Å². The lowest BCUT2D eigenvalue weighted by molar-refractivity contribution is 0.103. The first kappa shape index (κ1) is 19.4. The van der Waals surface area contributed by atoms with Crippen LogP contribution in [0.5, 0.6) is 5.75 Å². The van der Waals surface area contributed by atoms with Crippen molar-refractivity contribution in [3.8, 4) is 5.75 Å². The molecule has 1 aliphatic rings. The highest BCUT2D eigenvalue weighted by atomic mass is 35.5. The zero-order chi connectivity index (χ0) is 19.7. The van der Waals surface area contributed by atoms with E-state index in [1.54, 1.807) is 11.3 Å². The van der Waals surface area contributed by atoms with Crippen LogP contribution in [0.15, 0.2) is 18.2 Å². The van der Waals surface area contributed by atoms with Gasteiger partial charge in [0.2, 0.25) is 0 Å². The molecule has 5 nitrogen and oxygen atoms in total. The summed E-state index contributed by atoms with van der Waals surface area (Å²) in [6.07, 6.45) is 4.45. The van der Waals surface area contributed by atoms with Crippen LogP contribution in [0.2, 0.25) is 5.02 Å². The SMILES string of the molecule is Cc1cc(OCc2nc(C)c(C(=O)Nc3nc4c(s3)CCCC4)s2)ccc1Cl. The Morgan fingerprint density at radius 2 is 2.04 bits per heavy atom. The summed E-state index contributed by atoms with van der Waals surface area (Å²) >= 11 is 8.98. The minimum absolute atomic E-state index is 0.158. The Balaban J connectivity index is 1.42. The highest BCUT2D eigenvalue weighted by Crippen LogP contribution is 2.30. The molecule has 0 aliphatic heterocycles. The number of amides is 1. The molecule has 1 aromatic carbocycles. The number of rotatable bonds is 5. The number of halogens is 1. The number of hydrogen-bond donors (Lipinski definition) is 1. The predicted molar refractivity (Wildman–Crippen MR) is 114 cm³/mol. The van der Waals surface area contributed by atoms with Gasteiger partial charge < -0.3 is 4.74 Å². The third kappa shape index (κ3) is 4.21. The molecule has 1 N–H and O–H groups in total. The van der Waals surface area contributed by atoms with Crippen LogP contribution in [-0.2, 0) is 19.4 Å². The number of hydrogen-bond acceptors (Lipinski definition) is 6. The number of aryl methyl sites for hydroxylation is 4. The Labute approximate surface area is 176 Å². The fourth-order valence-electron chi connectivity index (χ4n) is 3.14. The summed E-state index contributed by atoms with van der Waals surface area (Å²) in [7, 11) is 0. The van der Waals surface area contributed by atoms with E-state index in [4.69, 9.17) is 16.3 Å². The van der Waals surface area contributed by atoms with E-state index in [9.17, 15) is 4.79 Å². The molecule has 2 heterocycles. The number of fused-ring (bicyclic) bond motifs is 1. The van der Waals surface area contributed by atoms with E-state index in [2.05, 4.69) is 15.3 Å². The monoisotopic (exact) mass is 433 g/mol. The van der Waals surface area contributed by atoms with Crippen LogP contribution in [0.1, 0.15) is 49.3 Å². The smallest absolute Gasteiger partial charge is 0.269 e. The minimum Gasteiger partial charge on any atom is -0.486 e. The predicted octanol–water partition coefficient (Wildman–Crippen LogP) is 5.58. The summed E-state index contributed by atoms with van der Waals surface area (Å²) < 4.78 is 5.80. The molecule has 0 saturated heterocycles. The molecule has 1 aliphatic carbocycles. The summed E-state index contributed by atoms with van der Waals surface area (Å²) in [5, 5.41) is 5.09. The molecule has 0 spiro atoms. The summed E-state index contributed by atoms with van der Waals surface area (Å²) in [5.74, 6) is 0.573. The van der Waals surface area contributed by atoms with E-state index in [-0.39, 0.29) is 5.91 Å². The molecule has 4 rings (SSSR count). The molecular formula is C20H20ClN3O2S2. The standard InChI is InChI=1S/C20H20ClN3O2S2/c1-11-9-13(7-8-14(11)21)26-10-17-22-12(2)18(28-17)19(25)24-20-23-15-5-3-4-6-16(15)27-20/h7-9H,3-6,10H2,1-2H3,(H,23,24,25). The van der Waals surface area contributed by atoms with Crippen molar-refractivity contribution in [2.75, 3.05) is 5.32 Å². The maximum absolute atomic E-state index is 12.7. The molecule has 146 valence electrons. The van der Waals surface area contributed by atoms with Gasteiger partial charge in [0.05, 0.1) is 11.4 Å². The third-order valence-electron chi connectivity index (χ3n) is 4.60. The fraction of sp³-hybridized carbons (Fsp3) is 0.350. The second-order valence-electron chi connectivity index (χ2n) is 6.77. The molecular weight excluding hydrogens is 414 g/mol. The summed E-state index contributed by atoms with van der Waals surface area (Å²) in [6.45, 7) is 4.08. The summed E-state index contributed by atoms with van der Waals surface area (Å²) in [5.41, 5.74) is 2.80. The minimum atomic E-state index is -0.158. The number of aromatic nitrogens is 2. The van der Waals surface area contributed by atoms with E-state index < -0.39 is 0 Å². The molecule has 0 radical (unpaired) electrons. The molecule has 0 bridgehead atoms. The second-order valence-corrected chi connectivity index (χ2v) is 9.35. The molecule has 1 amide bonds. The molecule has 2 aromatic heterocycles. The van der Waals surface area contributed by atoms with Crippen molar-refractivity contribution in [1.82, 2.24) is 9.97 Å². The molecule has 0 unspecified atom stereocenters. The van der Waals surface area contributed by atoms with Gasteiger partial charge in [0, 0.05) is 9.90 Å². The number of nitrogens with one attached hydrogen (secondary N) is 1. The molecule has 0 saturated carbocycles. The van der Waals surface area contributed by atoms with Crippen molar-refractivity contribution >= 4 is 45.3 Å². The van der Waals surface area contributed by atoms with Crippen LogP contribution in [0, 0.1) is 13.8 Å². The van der Waals surface area contributed by atoms with Gasteiger partial charge in [-0.05, 0) is 63.3 Å². The topological polar surface area (TPSA) is 64.1 Å². The molecule has 8 heteroatoms. The Morgan fingerprint density at radius 1 is 1.21 bits per heavy atom. The number of thiazole rings is 2. The quantitative estimate of drug-likeness (QED) is 0.570. The van der Waals surface area contributed by atoms with Crippen molar-refractivity contribution < 1.29 is 9.53 Å². The zero-order valence-electron chi connectivity index (χ0n) is 15.7. The first-order chi connectivity index (χ1) is 13.5. The average Bonchev–Trinajstić information content (AvgIpc) is 3.25. The highest BCUT2D eigenvalue weighted by molar-refractivity contribution is 7.16. The Bertz CT molecular complexity index is 1010. The van der Waals surface area contributed by atoms with Gasteiger partial charge in [0.1, 0.15) is 22.2 Å². The number of carbonyl (C=O) groups excluding carboxylic acids is 1. The lowest BCUT2D eigenvalue weighted by Crippen LogP contribution is -2.11. The van der Waals surface area contributed by atoms with Gasteiger partial charge in [-0.15, -0.1) is 22.7 Å². The second kappa shape index (κ2) is 8.19. The first-order valence-corrected chi connectivity index (χ1v) is 11.2. The number of anilines is 1. The van der Waals surface area contributed by atoms with E-state index in [0.717, 1.165) is 34.9 Å². The van der Waals surface area contributed by atoms with E-state index in [1.165, 1.54) is 29.1 Å². The number of carbonyl (C=O) groups is 1. The van der Waals surface area contributed by atoms with Crippen LogP contribution < -0.4 is 10.1 Å². The maximum atomic E-state index is 12.7. The van der Waals surface area contributed by atoms with Gasteiger partial charge in [0.15, 0.2) is 5.13 Å². The fourth-order valence-corrected chi connectivity index (χ4v) is 5.17. The van der Waals surface area contributed by atoms with Gasteiger partial charge in [-0.2, -0.15) is 0 Å². The van der Waals surface area contributed by atoms with Crippen LogP contribution in [0.4, 0.5) is 5.13 Å². The lowest BCUT2D eigenvalue weighted by Gasteiger charge is -2.06. The first-order valence-electron chi connectivity index (χ1n) is 9.15. The zero-order valence-corrected chi connectivity index (χ0v) is 18.1. The van der Waals surface area contributed by atoms with Crippen molar-refractivity contribution in [3.63, 3.8) is 0 Å². The highest BCUT2D eigenvalue weighted by Gasteiger charge is 2.20. The van der Waals surface area contributed by atoms with Crippen LogP contribution >= 0.6 is 34.3 Å². The van der Waals surface area contributed by atoms with Crippen LogP contribution in [0.25, 0.3) is 0 Å². The number of nitrogens with zero attached hydrogens (tertiary/aromatic N) is 2. The molecule has 28 heavy (non-hydrogen) atoms. The van der Waals surface area contributed by atoms with Crippen molar-refractivity contribution in [2.24, 2.45) is 0 Å². The number of ether oxygens (including phenoxy) is 1. The van der Waals surface area contributed by atoms with Gasteiger partial charge in [-0.1, -0.05) is 11.6 Å². The molecule has 3 aromatic rings. The van der Waals surface area contributed by atoms with E-state index in [1.807, 2.05) is 32.0 Å². The van der Waals surface area contributed by atoms with E-state index >= 15 is 0 Å².